The number of Topliss-reactive ketones (excluding diaryl/α,β-unsaturated/α-hetero) is 1. The third-order valence-corrected chi connectivity index (χ3v) is 7.63. The summed E-state index contributed by atoms with van der Waals surface area (Å²) in [4.78, 5) is 16.2. The largest absolute Gasteiger partial charge is 0.384 e. The molecule has 1 aromatic heterocycles. The lowest BCUT2D eigenvalue weighted by Crippen LogP contribution is -2.42. The van der Waals surface area contributed by atoms with Crippen molar-refractivity contribution in [2.75, 3.05) is 4.90 Å². The van der Waals surface area contributed by atoms with Crippen LogP contribution in [0.3, 0.4) is 0 Å². The third kappa shape index (κ3) is 3.58. The van der Waals surface area contributed by atoms with Crippen LogP contribution in [0.5, 0.6) is 0 Å². The molecule has 2 N–H and O–H groups in total. The molecule has 0 bridgehead atoms. The molecule has 2 heterocycles. The topological polar surface area (TPSA) is 70.1 Å². The second-order valence-corrected chi connectivity index (χ2v) is 10.9. The molecule has 7 heteroatoms. The van der Waals surface area contributed by atoms with Crippen LogP contribution in [-0.4, -0.2) is 5.78 Å². The second kappa shape index (κ2) is 7.42. The average Bonchev–Trinajstić information content (AvgIpc) is 3.07. The molecule has 29 heavy (non-hydrogen) atoms. The molecule has 0 saturated heterocycles. The number of allylic oxidation sites excluding steroid dienone is 3. The molecule has 0 spiro atoms. The van der Waals surface area contributed by atoms with Crippen molar-refractivity contribution in [1.82, 2.24) is 0 Å². The zero-order valence-corrected chi connectivity index (χ0v) is 20.0. The molecular weight excluding hydrogens is 514 g/mol. The van der Waals surface area contributed by atoms with Crippen molar-refractivity contribution in [3.8, 4) is 6.07 Å². The van der Waals surface area contributed by atoms with E-state index in [1.807, 2.05) is 40.6 Å². The van der Waals surface area contributed by atoms with Crippen molar-refractivity contribution >= 4 is 54.7 Å². The summed E-state index contributed by atoms with van der Waals surface area (Å²) in [6, 6.07) is 12.1. The fourth-order valence-electron chi connectivity index (χ4n) is 4.16. The standard InChI is InChI=1S/C22H19Br2N3OS/c1-22(2)8-16-20(17(28)9-22)19(18-7-13(24)11-29-18)15(10-25)21(26)27(16)14-5-3-12(23)4-6-14/h3-7,11,19H,8-9,26H2,1-2H3/t19-/m0/s1. The van der Waals surface area contributed by atoms with Gasteiger partial charge in [-0.1, -0.05) is 29.8 Å². The Hall–Kier alpha value is -1.88. The minimum absolute atomic E-state index is 0.0909. The van der Waals surface area contributed by atoms with Crippen molar-refractivity contribution in [3.05, 3.63) is 72.2 Å². The predicted octanol–water partition coefficient (Wildman–Crippen LogP) is 6.21. The van der Waals surface area contributed by atoms with Gasteiger partial charge >= 0.3 is 0 Å². The van der Waals surface area contributed by atoms with Crippen LogP contribution in [0.4, 0.5) is 5.69 Å². The van der Waals surface area contributed by atoms with Crippen LogP contribution in [-0.2, 0) is 4.79 Å². The molecule has 1 aliphatic carbocycles. The van der Waals surface area contributed by atoms with Crippen LogP contribution < -0.4 is 10.6 Å². The first-order chi connectivity index (χ1) is 13.7. The third-order valence-electron chi connectivity index (χ3n) is 5.34. The summed E-state index contributed by atoms with van der Waals surface area (Å²) in [5, 5.41) is 12.0. The lowest BCUT2D eigenvalue weighted by Gasteiger charge is -2.43. The van der Waals surface area contributed by atoms with E-state index in [-0.39, 0.29) is 11.2 Å². The van der Waals surface area contributed by atoms with Gasteiger partial charge in [-0.15, -0.1) is 11.3 Å². The van der Waals surface area contributed by atoms with Gasteiger partial charge < -0.3 is 5.73 Å². The number of hydrogen-bond donors (Lipinski definition) is 1. The summed E-state index contributed by atoms with van der Waals surface area (Å²) < 4.78 is 1.89. The van der Waals surface area contributed by atoms with Gasteiger partial charge in [0.2, 0.25) is 0 Å². The number of benzene rings is 1. The highest BCUT2D eigenvalue weighted by molar-refractivity contribution is 9.10. The van der Waals surface area contributed by atoms with Crippen molar-refractivity contribution < 1.29 is 4.79 Å². The van der Waals surface area contributed by atoms with E-state index < -0.39 is 5.92 Å². The van der Waals surface area contributed by atoms with Gasteiger partial charge in [-0.2, -0.15) is 5.26 Å². The van der Waals surface area contributed by atoms with Crippen LogP contribution in [0.25, 0.3) is 0 Å². The summed E-state index contributed by atoms with van der Waals surface area (Å²) in [6.07, 6.45) is 1.17. The molecule has 0 radical (unpaired) electrons. The van der Waals surface area contributed by atoms with E-state index in [1.54, 1.807) is 0 Å². The summed E-state index contributed by atoms with van der Waals surface area (Å²) >= 11 is 8.50. The summed E-state index contributed by atoms with van der Waals surface area (Å²) in [5.74, 6) is 0.0725. The van der Waals surface area contributed by atoms with E-state index in [4.69, 9.17) is 5.73 Å². The van der Waals surface area contributed by atoms with Gasteiger partial charge in [-0.3, -0.25) is 9.69 Å². The Morgan fingerprint density at radius 3 is 2.48 bits per heavy atom. The highest BCUT2D eigenvalue weighted by Gasteiger charge is 2.45. The fraction of sp³-hybridized carbons (Fsp3) is 0.273. The van der Waals surface area contributed by atoms with Crippen molar-refractivity contribution in [2.45, 2.75) is 32.6 Å². The number of anilines is 1. The SMILES string of the molecule is CC1(C)CC(=O)C2=C(C1)N(c1ccc(Br)cc1)C(N)=C(C#N)[C@H]2c1cc(Br)cs1. The Kier molecular flexibility index (Phi) is 5.22. The molecule has 0 fully saturated rings. The predicted molar refractivity (Wildman–Crippen MR) is 123 cm³/mol. The van der Waals surface area contributed by atoms with E-state index in [0.29, 0.717) is 29.8 Å². The van der Waals surface area contributed by atoms with E-state index in [9.17, 15) is 10.1 Å². The molecule has 2 aliphatic rings. The molecule has 1 atom stereocenters. The number of carbonyl (C=O) groups excluding carboxylic acids is 1. The van der Waals surface area contributed by atoms with E-state index in [1.165, 1.54) is 11.3 Å². The first kappa shape index (κ1) is 20.4. The lowest BCUT2D eigenvalue weighted by atomic mass is 9.69. The van der Waals surface area contributed by atoms with Crippen LogP contribution >= 0.6 is 43.2 Å². The van der Waals surface area contributed by atoms with Crippen LogP contribution in [0.2, 0.25) is 0 Å². The smallest absolute Gasteiger partial charge is 0.162 e. The molecular formula is C22H19Br2N3OS. The van der Waals surface area contributed by atoms with Gasteiger partial charge in [-0.05, 0) is 58.1 Å². The number of rotatable bonds is 2. The number of halogens is 2. The Labute approximate surface area is 191 Å². The highest BCUT2D eigenvalue weighted by Crippen LogP contribution is 2.51. The molecule has 4 nitrogen and oxygen atoms in total. The van der Waals surface area contributed by atoms with Gasteiger partial charge in [0.15, 0.2) is 5.78 Å². The maximum Gasteiger partial charge on any atom is 0.162 e. The van der Waals surface area contributed by atoms with Gasteiger partial charge in [0.25, 0.3) is 0 Å². The summed E-state index contributed by atoms with van der Waals surface area (Å²) in [7, 11) is 0. The molecule has 0 saturated carbocycles. The number of nitrogens with zero attached hydrogens (tertiary/aromatic N) is 2. The van der Waals surface area contributed by atoms with E-state index in [2.05, 4.69) is 51.8 Å². The number of carbonyl (C=O) groups is 1. The first-order valence-corrected chi connectivity index (χ1v) is 11.6. The maximum atomic E-state index is 13.4. The fourth-order valence-corrected chi connectivity index (χ4v) is 5.98. The zero-order chi connectivity index (χ0) is 20.9. The molecule has 1 aromatic carbocycles. The lowest BCUT2D eigenvalue weighted by molar-refractivity contribution is -0.118. The normalized spacial score (nSPS) is 21.3. The number of nitriles is 1. The molecule has 4 rings (SSSR count). The number of thiophene rings is 1. The average molecular weight is 533 g/mol. The van der Waals surface area contributed by atoms with Gasteiger partial charge in [0.1, 0.15) is 5.82 Å². The van der Waals surface area contributed by atoms with Gasteiger partial charge in [0.05, 0.1) is 17.6 Å². The monoisotopic (exact) mass is 531 g/mol. The number of hydrogen-bond acceptors (Lipinski definition) is 5. The molecule has 0 amide bonds. The maximum absolute atomic E-state index is 13.4. The highest BCUT2D eigenvalue weighted by atomic mass is 79.9. The van der Waals surface area contributed by atoms with E-state index >= 15 is 0 Å². The number of nitrogens with two attached hydrogens (primary N) is 1. The second-order valence-electron chi connectivity index (χ2n) is 8.12. The summed E-state index contributed by atoms with van der Waals surface area (Å²) in [6.45, 7) is 4.20. The minimum Gasteiger partial charge on any atom is -0.384 e. The first-order valence-electron chi connectivity index (χ1n) is 9.17. The van der Waals surface area contributed by atoms with Crippen LogP contribution in [0.15, 0.2) is 67.3 Å². The van der Waals surface area contributed by atoms with Gasteiger partial charge in [-0.25, -0.2) is 0 Å². The molecule has 2 aromatic rings. The Morgan fingerprint density at radius 1 is 1.21 bits per heavy atom. The Morgan fingerprint density at radius 2 is 1.90 bits per heavy atom. The zero-order valence-electron chi connectivity index (χ0n) is 16.0. The Balaban J connectivity index is 1.99. The van der Waals surface area contributed by atoms with Crippen LogP contribution in [0, 0.1) is 16.7 Å². The molecule has 148 valence electrons. The quantitative estimate of drug-likeness (QED) is 0.498. The summed E-state index contributed by atoms with van der Waals surface area (Å²) in [5.41, 5.74) is 9.30. The number of ketones is 1. The minimum atomic E-state index is -0.415. The van der Waals surface area contributed by atoms with Crippen molar-refractivity contribution in [3.63, 3.8) is 0 Å². The van der Waals surface area contributed by atoms with Gasteiger partial charge in [0, 0.05) is 42.6 Å². The molecule has 1 aliphatic heterocycles. The Bertz CT molecular complexity index is 1110. The molecule has 0 unspecified atom stereocenters. The van der Waals surface area contributed by atoms with Crippen molar-refractivity contribution in [2.24, 2.45) is 11.1 Å². The van der Waals surface area contributed by atoms with E-state index in [0.717, 1.165) is 25.2 Å². The van der Waals surface area contributed by atoms with Crippen LogP contribution in [0.1, 0.15) is 37.5 Å². The van der Waals surface area contributed by atoms with Crippen molar-refractivity contribution in [1.29, 1.82) is 5.26 Å².